The molecule has 4 rings (SSSR count). The average molecular weight is 679 g/mol. The van der Waals surface area contributed by atoms with E-state index in [9.17, 15) is 18.0 Å². The van der Waals surface area contributed by atoms with Crippen LogP contribution in [-0.4, -0.2) is 50.9 Å². The summed E-state index contributed by atoms with van der Waals surface area (Å²) in [6.45, 7) is 3.27. The first-order valence-corrected chi connectivity index (χ1v) is 16.4. The van der Waals surface area contributed by atoms with Crippen molar-refractivity contribution >= 4 is 43.5 Å². The maximum atomic E-state index is 14.4. The molecule has 0 spiro atoms. The summed E-state index contributed by atoms with van der Waals surface area (Å²) in [5.41, 5.74) is 1.94. The molecule has 1 atom stereocenters. The highest BCUT2D eigenvalue weighted by atomic mass is 79.9. The third-order valence-electron chi connectivity index (χ3n) is 6.91. The lowest BCUT2D eigenvalue weighted by molar-refractivity contribution is -0.140. The topological polar surface area (TPSA) is 96.0 Å². The number of nitrogens with one attached hydrogen (secondary N) is 1. The zero-order valence-electron chi connectivity index (χ0n) is 24.9. The molecule has 0 aliphatic carbocycles. The van der Waals surface area contributed by atoms with Crippen molar-refractivity contribution in [2.24, 2.45) is 0 Å². The first kappa shape index (κ1) is 32.8. The number of halogens is 1. The van der Waals surface area contributed by atoms with Gasteiger partial charge in [0.25, 0.3) is 10.0 Å². The molecule has 0 saturated heterocycles. The highest BCUT2D eigenvalue weighted by Gasteiger charge is 2.34. The first-order chi connectivity index (χ1) is 21.1. The van der Waals surface area contributed by atoms with Crippen LogP contribution >= 0.6 is 15.9 Å². The van der Waals surface area contributed by atoms with Crippen molar-refractivity contribution in [3.8, 4) is 5.75 Å². The molecule has 230 valence electrons. The number of ether oxygens (including phenoxy) is 1. The number of hydrogen-bond donors (Lipinski definition) is 1. The van der Waals surface area contributed by atoms with Crippen molar-refractivity contribution in [3.05, 3.63) is 125 Å². The molecular formula is C34H36BrN3O5S. The molecule has 0 fully saturated rings. The standard InChI is InChI=1S/C34H36BrN3O5S/c1-25(2)36-34(40)32(22-26-11-6-4-7-12-26)37(23-27-13-10-14-28(35)21-27)33(39)24-38(29-17-19-30(43-3)20-18-29)44(41,42)31-15-8-5-9-16-31/h4-21,25,32H,22-24H2,1-3H3,(H,36,40)/t32-/m0/s1. The van der Waals surface area contributed by atoms with Gasteiger partial charge in [-0.2, -0.15) is 0 Å². The minimum Gasteiger partial charge on any atom is -0.497 e. The van der Waals surface area contributed by atoms with E-state index in [1.54, 1.807) is 42.5 Å². The SMILES string of the molecule is COc1ccc(N(CC(=O)N(Cc2cccc(Br)c2)[C@@H](Cc2ccccc2)C(=O)NC(C)C)S(=O)(=O)c2ccccc2)cc1. The second-order valence-corrected chi connectivity index (χ2v) is 13.3. The highest BCUT2D eigenvalue weighted by Crippen LogP contribution is 2.27. The van der Waals surface area contributed by atoms with Gasteiger partial charge in [0.15, 0.2) is 0 Å². The van der Waals surface area contributed by atoms with Crippen molar-refractivity contribution in [2.75, 3.05) is 18.0 Å². The smallest absolute Gasteiger partial charge is 0.264 e. The van der Waals surface area contributed by atoms with Crippen LogP contribution in [0.2, 0.25) is 0 Å². The van der Waals surface area contributed by atoms with Gasteiger partial charge < -0.3 is 15.0 Å². The lowest BCUT2D eigenvalue weighted by atomic mass is 10.0. The van der Waals surface area contributed by atoms with Crippen LogP contribution in [-0.2, 0) is 32.6 Å². The summed E-state index contributed by atoms with van der Waals surface area (Å²) in [6.07, 6.45) is 0.243. The Morgan fingerprint density at radius 2 is 1.45 bits per heavy atom. The molecule has 0 bridgehead atoms. The van der Waals surface area contributed by atoms with E-state index in [4.69, 9.17) is 4.74 Å². The zero-order chi connectivity index (χ0) is 31.7. The molecule has 0 heterocycles. The molecule has 4 aromatic rings. The van der Waals surface area contributed by atoms with E-state index in [2.05, 4.69) is 21.2 Å². The number of nitrogens with zero attached hydrogens (tertiary/aromatic N) is 2. The Bertz CT molecular complexity index is 1650. The molecule has 10 heteroatoms. The van der Waals surface area contributed by atoms with Gasteiger partial charge in [0, 0.05) is 23.5 Å². The minimum atomic E-state index is -4.17. The lowest BCUT2D eigenvalue weighted by Crippen LogP contribution is -2.54. The Labute approximate surface area is 267 Å². The van der Waals surface area contributed by atoms with Crippen LogP contribution in [0.3, 0.4) is 0 Å². The zero-order valence-corrected chi connectivity index (χ0v) is 27.3. The van der Waals surface area contributed by atoms with E-state index in [1.165, 1.54) is 24.1 Å². The average Bonchev–Trinajstić information content (AvgIpc) is 3.02. The van der Waals surface area contributed by atoms with Gasteiger partial charge in [0.05, 0.1) is 17.7 Å². The van der Waals surface area contributed by atoms with Crippen LogP contribution < -0.4 is 14.4 Å². The number of amides is 2. The van der Waals surface area contributed by atoms with Gasteiger partial charge in [-0.15, -0.1) is 0 Å². The van der Waals surface area contributed by atoms with Crippen LogP contribution in [0.15, 0.2) is 119 Å². The summed E-state index contributed by atoms with van der Waals surface area (Å²) < 4.78 is 35.2. The van der Waals surface area contributed by atoms with Gasteiger partial charge in [-0.05, 0) is 73.5 Å². The van der Waals surface area contributed by atoms with E-state index in [1.807, 2.05) is 68.4 Å². The Morgan fingerprint density at radius 1 is 0.841 bits per heavy atom. The number of sulfonamides is 1. The molecule has 2 amide bonds. The van der Waals surface area contributed by atoms with E-state index in [0.717, 1.165) is 19.9 Å². The van der Waals surface area contributed by atoms with Crippen molar-refractivity contribution in [2.45, 2.75) is 43.8 Å². The lowest BCUT2D eigenvalue weighted by Gasteiger charge is -2.34. The Hall–Kier alpha value is -4.15. The quantitative estimate of drug-likeness (QED) is 0.193. The van der Waals surface area contributed by atoms with Gasteiger partial charge in [-0.1, -0.05) is 76.6 Å². The predicted octanol–water partition coefficient (Wildman–Crippen LogP) is 5.82. The van der Waals surface area contributed by atoms with E-state index in [0.29, 0.717) is 5.75 Å². The van der Waals surface area contributed by atoms with E-state index < -0.39 is 28.5 Å². The van der Waals surface area contributed by atoms with Crippen LogP contribution in [0.4, 0.5) is 5.69 Å². The molecule has 0 aliphatic rings. The summed E-state index contributed by atoms with van der Waals surface area (Å²) >= 11 is 3.50. The van der Waals surface area contributed by atoms with Gasteiger partial charge in [0.1, 0.15) is 18.3 Å². The second-order valence-electron chi connectivity index (χ2n) is 10.5. The molecule has 0 radical (unpaired) electrons. The van der Waals surface area contributed by atoms with Crippen molar-refractivity contribution in [1.82, 2.24) is 10.2 Å². The number of rotatable bonds is 13. The van der Waals surface area contributed by atoms with Gasteiger partial charge in [-0.25, -0.2) is 8.42 Å². The number of carbonyl (C=O) groups is 2. The molecule has 1 N–H and O–H groups in total. The fourth-order valence-electron chi connectivity index (χ4n) is 4.76. The predicted molar refractivity (Wildman–Crippen MR) is 176 cm³/mol. The molecule has 44 heavy (non-hydrogen) atoms. The third kappa shape index (κ3) is 8.48. The van der Waals surface area contributed by atoms with Crippen LogP contribution in [0, 0.1) is 0 Å². The maximum Gasteiger partial charge on any atom is 0.264 e. The van der Waals surface area contributed by atoms with Crippen LogP contribution in [0.5, 0.6) is 5.75 Å². The Morgan fingerprint density at radius 3 is 2.05 bits per heavy atom. The summed E-state index contributed by atoms with van der Waals surface area (Å²) in [5, 5.41) is 2.96. The summed E-state index contributed by atoms with van der Waals surface area (Å²) in [5.74, 6) is -0.309. The van der Waals surface area contributed by atoms with Crippen molar-refractivity contribution in [1.29, 1.82) is 0 Å². The van der Waals surface area contributed by atoms with Crippen LogP contribution in [0.25, 0.3) is 0 Å². The highest BCUT2D eigenvalue weighted by molar-refractivity contribution is 9.10. The number of methoxy groups -OCH3 is 1. The van der Waals surface area contributed by atoms with Gasteiger partial charge in [-0.3, -0.25) is 13.9 Å². The molecule has 4 aromatic carbocycles. The normalized spacial score (nSPS) is 11.9. The van der Waals surface area contributed by atoms with E-state index >= 15 is 0 Å². The van der Waals surface area contributed by atoms with E-state index in [-0.39, 0.29) is 35.5 Å². The van der Waals surface area contributed by atoms with Crippen molar-refractivity contribution < 1.29 is 22.7 Å². The second kappa shape index (κ2) is 15.0. The molecule has 0 aromatic heterocycles. The first-order valence-electron chi connectivity index (χ1n) is 14.2. The number of hydrogen-bond acceptors (Lipinski definition) is 5. The fourth-order valence-corrected chi connectivity index (χ4v) is 6.65. The third-order valence-corrected chi connectivity index (χ3v) is 9.20. The van der Waals surface area contributed by atoms with Crippen LogP contribution in [0.1, 0.15) is 25.0 Å². The monoisotopic (exact) mass is 677 g/mol. The number of anilines is 1. The summed E-state index contributed by atoms with van der Waals surface area (Å²) in [6, 6.07) is 30.3. The molecule has 0 saturated carbocycles. The largest absolute Gasteiger partial charge is 0.497 e. The molecule has 0 unspecified atom stereocenters. The Kier molecular flexibility index (Phi) is 11.2. The molecule has 8 nitrogen and oxygen atoms in total. The summed E-state index contributed by atoms with van der Waals surface area (Å²) in [4.78, 5) is 29.7. The maximum absolute atomic E-state index is 14.4. The van der Waals surface area contributed by atoms with Gasteiger partial charge >= 0.3 is 0 Å². The summed E-state index contributed by atoms with van der Waals surface area (Å²) in [7, 11) is -2.65. The number of carbonyl (C=O) groups excluding carboxylic acids is 2. The van der Waals surface area contributed by atoms with Crippen molar-refractivity contribution in [3.63, 3.8) is 0 Å². The fraction of sp³-hybridized carbons (Fsp3) is 0.235. The van der Waals surface area contributed by atoms with Gasteiger partial charge in [0.2, 0.25) is 11.8 Å². The minimum absolute atomic E-state index is 0.0422. The number of benzene rings is 4. The molecular weight excluding hydrogens is 642 g/mol. The molecule has 0 aliphatic heterocycles. The Balaban J connectivity index is 1.80.